The highest BCUT2D eigenvalue weighted by molar-refractivity contribution is 5.99. The molecule has 0 bridgehead atoms. The number of nitrogens with one attached hydrogen (secondary N) is 2. The Morgan fingerprint density at radius 1 is 1.62 bits per heavy atom. The summed E-state index contributed by atoms with van der Waals surface area (Å²) in [6, 6.07) is 1.91. The van der Waals surface area contributed by atoms with E-state index in [2.05, 4.69) is 20.6 Å². The molecule has 6 nitrogen and oxygen atoms in total. The van der Waals surface area contributed by atoms with Crippen LogP contribution in [0.1, 0.15) is 18.2 Å². The lowest BCUT2D eigenvalue weighted by Gasteiger charge is -2.20. The molecule has 0 saturated carbocycles. The van der Waals surface area contributed by atoms with Gasteiger partial charge in [-0.2, -0.15) is 0 Å². The fourth-order valence-electron chi connectivity index (χ4n) is 1.45. The molecule has 0 aliphatic carbocycles. The van der Waals surface area contributed by atoms with E-state index in [0.29, 0.717) is 18.5 Å². The van der Waals surface area contributed by atoms with Crippen molar-refractivity contribution in [3.63, 3.8) is 0 Å². The van der Waals surface area contributed by atoms with E-state index in [4.69, 9.17) is 10.2 Å². The number of guanidine groups is 2. The van der Waals surface area contributed by atoms with E-state index < -0.39 is 0 Å². The van der Waals surface area contributed by atoms with Gasteiger partial charge in [-0.1, -0.05) is 0 Å². The molecule has 1 aromatic heterocycles. The number of aliphatic imine (C=N–C) groups is 2. The van der Waals surface area contributed by atoms with Crippen LogP contribution in [0.4, 0.5) is 0 Å². The van der Waals surface area contributed by atoms with Crippen molar-refractivity contribution in [1.29, 1.82) is 0 Å². The van der Waals surface area contributed by atoms with Crippen LogP contribution in [0.15, 0.2) is 26.7 Å². The normalized spacial score (nSPS) is 22.5. The van der Waals surface area contributed by atoms with E-state index in [9.17, 15) is 0 Å². The molecule has 4 N–H and O–H groups in total. The summed E-state index contributed by atoms with van der Waals surface area (Å²) in [5.41, 5.74) is 6.65. The number of furan rings is 1. The Kier molecular flexibility index (Phi) is 2.80. The topological polar surface area (TPSA) is 87.9 Å². The van der Waals surface area contributed by atoms with Crippen molar-refractivity contribution in [2.75, 3.05) is 0 Å². The van der Waals surface area contributed by atoms with Gasteiger partial charge in [-0.15, -0.1) is 0 Å². The first kappa shape index (κ1) is 10.5. The first-order valence-corrected chi connectivity index (χ1v) is 5.09. The Balaban J connectivity index is 2.04. The van der Waals surface area contributed by atoms with Crippen LogP contribution in [0, 0.1) is 6.92 Å². The van der Waals surface area contributed by atoms with Gasteiger partial charge in [0.15, 0.2) is 11.9 Å². The van der Waals surface area contributed by atoms with Gasteiger partial charge in [0.05, 0.1) is 12.8 Å². The molecule has 0 aromatic carbocycles. The molecule has 1 aliphatic heterocycles. The molecule has 2 heterocycles. The van der Waals surface area contributed by atoms with E-state index in [1.165, 1.54) is 0 Å². The molecule has 1 aliphatic rings. The Morgan fingerprint density at radius 3 is 3.06 bits per heavy atom. The molecule has 0 radical (unpaired) electrons. The average molecular weight is 221 g/mol. The lowest BCUT2D eigenvalue weighted by molar-refractivity contribution is 0.530. The van der Waals surface area contributed by atoms with Crippen LogP contribution in [0.2, 0.25) is 0 Å². The van der Waals surface area contributed by atoms with Gasteiger partial charge in [0.2, 0.25) is 0 Å². The summed E-state index contributed by atoms with van der Waals surface area (Å²) >= 11 is 0. The fourth-order valence-corrected chi connectivity index (χ4v) is 1.45. The van der Waals surface area contributed by atoms with Crippen LogP contribution in [0.5, 0.6) is 0 Å². The molecular formula is C10H15N5O. The minimum absolute atomic E-state index is 0.0505. The molecule has 86 valence electrons. The molecule has 0 amide bonds. The van der Waals surface area contributed by atoms with Crippen LogP contribution in [0.25, 0.3) is 0 Å². The van der Waals surface area contributed by atoms with E-state index in [1.807, 2.05) is 19.9 Å². The summed E-state index contributed by atoms with van der Waals surface area (Å²) in [5.74, 6) is 1.91. The molecule has 0 saturated heterocycles. The van der Waals surface area contributed by atoms with Gasteiger partial charge in [0.25, 0.3) is 0 Å². The summed E-state index contributed by atoms with van der Waals surface area (Å²) in [4.78, 5) is 8.43. The van der Waals surface area contributed by atoms with Crippen molar-refractivity contribution in [3.8, 4) is 0 Å². The van der Waals surface area contributed by atoms with E-state index >= 15 is 0 Å². The van der Waals surface area contributed by atoms with Gasteiger partial charge in [-0.05, 0) is 19.9 Å². The molecule has 1 aromatic rings. The maximum Gasteiger partial charge on any atom is 0.200 e. The molecule has 1 atom stereocenters. The standard InChI is InChI=1S/C10H15N5O/c1-6-8(3-4-16-6)5-12-10-14-7(2)13-9(11)15-10/h3-4,7H,5H2,1-2H3,(H4,11,12,13,14,15). The molecule has 1 unspecified atom stereocenters. The van der Waals surface area contributed by atoms with Crippen LogP contribution in [-0.4, -0.2) is 18.1 Å². The minimum atomic E-state index is -0.0505. The maximum atomic E-state index is 5.59. The highest BCUT2D eigenvalue weighted by Crippen LogP contribution is 2.09. The zero-order chi connectivity index (χ0) is 11.5. The van der Waals surface area contributed by atoms with Gasteiger partial charge in [-0.3, -0.25) is 5.32 Å². The first-order valence-electron chi connectivity index (χ1n) is 5.09. The van der Waals surface area contributed by atoms with Crippen molar-refractivity contribution in [2.45, 2.75) is 26.6 Å². The van der Waals surface area contributed by atoms with Crippen LogP contribution < -0.4 is 16.4 Å². The molecule has 0 fully saturated rings. The van der Waals surface area contributed by atoms with Gasteiger partial charge in [0.1, 0.15) is 11.9 Å². The summed E-state index contributed by atoms with van der Waals surface area (Å²) in [7, 11) is 0. The van der Waals surface area contributed by atoms with Crippen molar-refractivity contribution < 1.29 is 4.42 Å². The largest absolute Gasteiger partial charge is 0.469 e. The first-order chi connectivity index (χ1) is 7.65. The maximum absolute atomic E-state index is 5.59. The van der Waals surface area contributed by atoms with Crippen LogP contribution >= 0.6 is 0 Å². The van der Waals surface area contributed by atoms with Crippen molar-refractivity contribution in [2.24, 2.45) is 15.7 Å². The third-order valence-corrected chi connectivity index (χ3v) is 2.30. The Labute approximate surface area is 93.6 Å². The third-order valence-electron chi connectivity index (χ3n) is 2.30. The van der Waals surface area contributed by atoms with Crippen LogP contribution in [-0.2, 0) is 6.54 Å². The van der Waals surface area contributed by atoms with Gasteiger partial charge >= 0.3 is 0 Å². The number of nitrogens with two attached hydrogens (primary N) is 1. The highest BCUT2D eigenvalue weighted by Gasteiger charge is 2.11. The Morgan fingerprint density at radius 2 is 2.44 bits per heavy atom. The molecule has 6 heteroatoms. The predicted molar refractivity (Wildman–Crippen MR) is 61.9 cm³/mol. The predicted octanol–water partition coefficient (Wildman–Crippen LogP) is 0.298. The van der Waals surface area contributed by atoms with E-state index in [-0.39, 0.29) is 6.17 Å². The summed E-state index contributed by atoms with van der Waals surface area (Å²) in [6.45, 7) is 4.37. The quantitative estimate of drug-likeness (QED) is 0.670. The highest BCUT2D eigenvalue weighted by atomic mass is 16.3. The second kappa shape index (κ2) is 4.26. The van der Waals surface area contributed by atoms with Gasteiger partial charge < -0.3 is 15.5 Å². The van der Waals surface area contributed by atoms with Gasteiger partial charge in [0, 0.05) is 5.56 Å². The number of hydrogen-bond acceptors (Lipinski definition) is 4. The number of nitrogens with zero attached hydrogens (tertiary/aromatic N) is 2. The average Bonchev–Trinajstić information content (AvgIpc) is 2.59. The molecule has 16 heavy (non-hydrogen) atoms. The fraction of sp³-hybridized carbons (Fsp3) is 0.400. The Bertz CT molecular complexity index is 434. The Hall–Kier alpha value is -1.98. The molecule has 2 rings (SSSR count). The number of hydrogen-bond donors (Lipinski definition) is 3. The van der Waals surface area contributed by atoms with Crippen molar-refractivity contribution in [3.05, 3.63) is 23.7 Å². The summed E-state index contributed by atoms with van der Waals surface area (Å²) in [5, 5.41) is 5.93. The summed E-state index contributed by atoms with van der Waals surface area (Å²) < 4.78 is 5.19. The zero-order valence-electron chi connectivity index (χ0n) is 9.32. The third kappa shape index (κ3) is 2.33. The SMILES string of the molecule is Cc1occc1CN=C1NC(N)=NC(C)N1. The number of rotatable bonds is 2. The van der Waals surface area contributed by atoms with Crippen LogP contribution in [0.3, 0.4) is 0 Å². The molecular weight excluding hydrogens is 206 g/mol. The molecule has 0 spiro atoms. The lowest BCUT2D eigenvalue weighted by atomic mass is 10.3. The second-order valence-corrected chi connectivity index (χ2v) is 3.63. The van der Waals surface area contributed by atoms with E-state index in [0.717, 1.165) is 11.3 Å². The van der Waals surface area contributed by atoms with Gasteiger partial charge in [-0.25, -0.2) is 9.98 Å². The number of aryl methyl sites for hydroxylation is 1. The zero-order valence-corrected chi connectivity index (χ0v) is 9.32. The smallest absolute Gasteiger partial charge is 0.200 e. The van der Waals surface area contributed by atoms with Crippen molar-refractivity contribution >= 4 is 11.9 Å². The lowest BCUT2D eigenvalue weighted by Crippen LogP contribution is -2.52. The van der Waals surface area contributed by atoms with Crippen molar-refractivity contribution in [1.82, 2.24) is 10.6 Å². The van der Waals surface area contributed by atoms with E-state index in [1.54, 1.807) is 6.26 Å². The minimum Gasteiger partial charge on any atom is -0.469 e. The second-order valence-electron chi connectivity index (χ2n) is 3.63. The summed E-state index contributed by atoms with van der Waals surface area (Å²) in [6.07, 6.45) is 1.61. The monoisotopic (exact) mass is 221 g/mol.